The number of hydrogen-bond acceptors (Lipinski definition) is 6. The van der Waals surface area contributed by atoms with E-state index in [9.17, 15) is 9.59 Å². The van der Waals surface area contributed by atoms with Crippen molar-refractivity contribution >= 4 is 24.1 Å². The number of esters is 2. The molecule has 0 aromatic heterocycles. The predicted octanol–water partition coefficient (Wildman–Crippen LogP) is 4.70. The Morgan fingerprint density at radius 1 is 0.839 bits per heavy atom. The van der Waals surface area contributed by atoms with Crippen LogP contribution in [0.5, 0.6) is 0 Å². The highest BCUT2D eigenvalue weighted by atomic mass is 16.5. The SMILES string of the molecule is CCCCOC(=O)C(C#N)=Cc1ccccc1.COC(=O)C(C#N)=Cc1ccccc1. The van der Waals surface area contributed by atoms with Crippen LogP contribution in [0.15, 0.2) is 71.8 Å². The van der Waals surface area contributed by atoms with Gasteiger partial charge in [0.25, 0.3) is 0 Å². The summed E-state index contributed by atoms with van der Waals surface area (Å²) in [4.78, 5) is 22.6. The van der Waals surface area contributed by atoms with E-state index in [1.54, 1.807) is 18.2 Å². The summed E-state index contributed by atoms with van der Waals surface area (Å²) < 4.78 is 9.42. The number of carbonyl (C=O) groups is 2. The predicted molar refractivity (Wildman–Crippen MR) is 118 cm³/mol. The fourth-order valence-corrected chi connectivity index (χ4v) is 2.20. The van der Waals surface area contributed by atoms with Gasteiger partial charge in [0.2, 0.25) is 0 Å². The van der Waals surface area contributed by atoms with Crippen molar-refractivity contribution in [1.29, 1.82) is 10.5 Å². The van der Waals surface area contributed by atoms with Crippen molar-refractivity contribution < 1.29 is 19.1 Å². The van der Waals surface area contributed by atoms with Gasteiger partial charge in [0.05, 0.1) is 13.7 Å². The minimum absolute atomic E-state index is 0.00120. The van der Waals surface area contributed by atoms with Gasteiger partial charge in [0, 0.05) is 0 Å². The third kappa shape index (κ3) is 9.74. The van der Waals surface area contributed by atoms with E-state index < -0.39 is 11.9 Å². The molecule has 158 valence electrons. The van der Waals surface area contributed by atoms with E-state index in [1.165, 1.54) is 19.3 Å². The van der Waals surface area contributed by atoms with Crippen molar-refractivity contribution in [3.8, 4) is 12.1 Å². The summed E-state index contributed by atoms with van der Waals surface area (Å²) in [6.07, 6.45) is 4.80. The van der Waals surface area contributed by atoms with Crippen LogP contribution >= 0.6 is 0 Å². The number of ether oxygens (including phenoxy) is 2. The molecule has 2 rings (SSSR count). The molecule has 0 bridgehead atoms. The summed E-state index contributed by atoms with van der Waals surface area (Å²) in [5.74, 6) is -1.17. The van der Waals surface area contributed by atoms with Crippen LogP contribution in [-0.4, -0.2) is 25.7 Å². The van der Waals surface area contributed by atoms with E-state index in [1.807, 2.05) is 61.5 Å². The Morgan fingerprint density at radius 2 is 1.29 bits per heavy atom. The molecule has 0 unspecified atom stereocenters. The zero-order valence-corrected chi connectivity index (χ0v) is 17.6. The second kappa shape index (κ2) is 14.8. The number of hydrogen-bond donors (Lipinski definition) is 0. The van der Waals surface area contributed by atoms with Gasteiger partial charge in [0.15, 0.2) is 0 Å². The summed E-state index contributed by atoms with van der Waals surface area (Å²) in [6, 6.07) is 22.0. The summed E-state index contributed by atoms with van der Waals surface area (Å²) in [5, 5.41) is 17.6. The molecule has 2 aromatic rings. The van der Waals surface area contributed by atoms with Gasteiger partial charge in [-0.05, 0) is 29.7 Å². The lowest BCUT2D eigenvalue weighted by atomic mass is 10.1. The van der Waals surface area contributed by atoms with Crippen LogP contribution in [0.25, 0.3) is 12.2 Å². The first-order chi connectivity index (χ1) is 15.0. The van der Waals surface area contributed by atoms with Crippen LogP contribution in [0.2, 0.25) is 0 Å². The summed E-state index contributed by atoms with van der Waals surface area (Å²) >= 11 is 0. The Balaban J connectivity index is 0.000000316. The molecule has 0 saturated carbocycles. The van der Waals surface area contributed by atoms with Crippen LogP contribution in [0.1, 0.15) is 30.9 Å². The highest BCUT2D eigenvalue weighted by Gasteiger charge is 2.10. The van der Waals surface area contributed by atoms with Gasteiger partial charge in [-0.15, -0.1) is 0 Å². The number of nitrogens with zero attached hydrogens (tertiary/aromatic N) is 2. The maximum absolute atomic E-state index is 11.5. The average molecular weight is 416 g/mol. The molecule has 6 heteroatoms. The van der Waals surface area contributed by atoms with Gasteiger partial charge in [-0.2, -0.15) is 10.5 Å². The highest BCUT2D eigenvalue weighted by molar-refractivity contribution is 5.98. The fraction of sp³-hybridized carbons (Fsp3) is 0.200. The minimum atomic E-state index is -0.614. The molecule has 0 spiro atoms. The fourth-order valence-electron chi connectivity index (χ4n) is 2.20. The number of carbonyl (C=O) groups excluding carboxylic acids is 2. The first-order valence-corrected chi connectivity index (χ1v) is 9.64. The standard InChI is InChI=1S/C14H15NO2.C11H9NO2/c1-2-3-9-17-14(16)13(11-15)10-12-7-5-4-6-8-12;1-14-11(13)10(8-12)7-9-5-3-2-4-6-9/h4-8,10H,2-3,9H2,1H3;2-7H,1H3. The van der Waals surface area contributed by atoms with Crippen LogP contribution in [-0.2, 0) is 19.1 Å². The normalized spacial score (nSPS) is 10.6. The van der Waals surface area contributed by atoms with Crippen molar-refractivity contribution in [2.45, 2.75) is 19.8 Å². The summed E-state index contributed by atoms with van der Waals surface area (Å²) in [6.45, 7) is 2.38. The van der Waals surface area contributed by atoms with E-state index in [-0.39, 0.29) is 11.1 Å². The second-order valence-electron chi connectivity index (χ2n) is 6.14. The third-order valence-corrected chi connectivity index (χ3v) is 3.82. The molecule has 0 aliphatic carbocycles. The maximum atomic E-state index is 11.5. The molecule has 0 heterocycles. The van der Waals surface area contributed by atoms with E-state index in [0.717, 1.165) is 24.0 Å². The topological polar surface area (TPSA) is 100 Å². The molecular weight excluding hydrogens is 392 g/mol. The first-order valence-electron chi connectivity index (χ1n) is 9.64. The van der Waals surface area contributed by atoms with E-state index in [0.29, 0.717) is 6.61 Å². The van der Waals surface area contributed by atoms with Crippen molar-refractivity contribution in [3.05, 3.63) is 82.9 Å². The van der Waals surface area contributed by atoms with Gasteiger partial charge >= 0.3 is 11.9 Å². The Bertz CT molecular complexity index is 982. The number of unbranched alkanes of at least 4 members (excludes halogenated alkanes) is 1. The van der Waals surface area contributed by atoms with E-state index >= 15 is 0 Å². The van der Waals surface area contributed by atoms with Gasteiger partial charge < -0.3 is 9.47 Å². The molecule has 0 aliphatic rings. The Kier molecular flexibility index (Phi) is 11.9. The molecule has 0 amide bonds. The van der Waals surface area contributed by atoms with Gasteiger partial charge in [-0.1, -0.05) is 74.0 Å². The molecule has 0 fully saturated rings. The summed E-state index contributed by atoms with van der Waals surface area (Å²) in [7, 11) is 1.25. The quantitative estimate of drug-likeness (QED) is 0.281. The van der Waals surface area contributed by atoms with Crippen LogP contribution in [0.3, 0.4) is 0 Å². The number of benzene rings is 2. The lowest BCUT2D eigenvalue weighted by Crippen LogP contribution is -2.07. The van der Waals surface area contributed by atoms with Crippen LogP contribution in [0.4, 0.5) is 0 Å². The molecule has 0 aliphatic heterocycles. The number of methoxy groups -OCH3 is 1. The van der Waals surface area contributed by atoms with Gasteiger partial charge in [-0.3, -0.25) is 0 Å². The van der Waals surface area contributed by atoms with Crippen molar-refractivity contribution in [2.75, 3.05) is 13.7 Å². The van der Waals surface area contributed by atoms with E-state index in [2.05, 4.69) is 4.74 Å². The average Bonchev–Trinajstić information content (AvgIpc) is 2.82. The van der Waals surface area contributed by atoms with Crippen LogP contribution in [0, 0.1) is 22.7 Å². The maximum Gasteiger partial charge on any atom is 0.348 e. The highest BCUT2D eigenvalue weighted by Crippen LogP contribution is 2.08. The Hall–Kier alpha value is -4.16. The second-order valence-corrected chi connectivity index (χ2v) is 6.14. The van der Waals surface area contributed by atoms with Crippen LogP contribution < -0.4 is 0 Å². The van der Waals surface area contributed by atoms with Crippen molar-refractivity contribution in [1.82, 2.24) is 0 Å². The van der Waals surface area contributed by atoms with Crippen molar-refractivity contribution in [2.24, 2.45) is 0 Å². The molecule has 6 nitrogen and oxygen atoms in total. The van der Waals surface area contributed by atoms with Crippen molar-refractivity contribution in [3.63, 3.8) is 0 Å². The molecular formula is C25H24N2O4. The largest absolute Gasteiger partial charge is 0.465 e. The number of rotatable bonds is 7. The molecule has 0 atom stereocenters. The van der Waals surface area contributed by atoms with Gasteiger partial charge in [-0.25, -0.2) is 9.59 Å². The Labute approximate surface area is 182 Å². The smallest absolute Gasteiger partial charge is 0.348 e. The lowest BCUT2D eigenvalue weighted by Gasteiger charge is -2.02. The molecule has 2 aromatic carbocycles. The first kappa shape index (κ1) is 24.9. The Morgan fingerprint density at radius 3 is 1.68 bits per heavy atom. The summed E-state index contributed by atoms with van der Waals surface area (Å²) in [5.41, 5.74) is 1.65. The third-order valence-electron chi connectivity index (χ3n) is 3.82. The zero-order valence-electron chi connectivity index (χ0n) is 17.6. The minimum Gasteiger partial charge on any atom is -0.465 e. The van der Waals surface area contributed by atoms with Gasteiger partial charge in [0.1, 0.15) is 23.3 Å². The molecule has 0 saturated heterocycles. The molecule has 0 radical (unpaired) electrons. The molecule has 0 N–H and O–H groups in total. The van der Waals surface area contributed by atoms with E-state index in [4.69, 9.17) is 15.3 Å². The zero-order chi connectivity index (χ0) is 22.9. The monoisotopic (exact) mass is 416 g/mol. The number of nitriles is 2. The lowest BCUT2D eigenvalue weighted by molar-refractivity contribution is -0.138. The molecule has 31 heavy (non-hydrogen) atoms.